The lowest BCUT2D eigenvalue weighted by atomic mass is 9.83. The summed E-state index contributed by atoms with van der Waals surface area (Å²) in [5, 5.41) is 9.21. The van der Waals surface area contributed by atoms with Crippen LogP contribution in [0.5, 0.6) is 0 Å². The van der Waals surface area contributed by atoms with Gasteiger partial charge in [0.15, 0.2) is 0 Å². The largest absolute Gasteiger partial charge is 0.396 e. The SMILES string of the molecule is CCC(C)N1CC(CO)CCC1(C)C. The summed E-state index contributed by atoms with van der Waals surface area (Å²) < 4.78 is 0. The highest BCUT2D eigenvalue weighted by molar-refractivity contribution is 4.90. The van der Waals surface area contributed by atoms with Crippen molar-refractivity contribution in [1.29, 1.82) is 0 Å². The zero-order chi connectivity index (χ0) is 10.8. The average molecular weight is 199 g/mol. The topological polar surface area (TPSA) is 23.5 Å². The Kier molecular flexibility index (Phi) is 3.96. The Morgan fingerprint density at radius 1 is 1.50 bits per heavy atom. The number of nitrogens with zero attached hydrogens (tertiary/aromatic N) is 1. The molecule has 0 amide bonds. The maximum absolute atomic E-state index is 9.21. The summed E-state index contributed by atoms with van der Waals surface area (Å²) >= 11 is 0. The van der Waals surface area contributed by atoms with E-state index in [1.807, 2.05) is 0 Å². The first-order valence-electron chi connectivity index (χ1n) is 5.89. The smallest absolute Gasteiger partial charge is 0.0471 e. The van der Waals surface area contributed by atoms with Gasteiger partial charge in [-0.05, 0) is 46.0 Å². The van der Waals surface area contributed by atoms with Gasteiger partial charge in [-0.15, -0.1) is 0 Å². The Balaban J connectivity index is 2.66. The van der Waals surface area contributed by atoms with Gasteiger partial charge in [0.05, 0.1) is 0 Å². The highest BCUT2D eigenvalue weighted by Gasteiger charge is 2.35. The van der Waals surface area contributed by atoms with Gasteiger partial charge in [0.1, 0.15) is 0 Å². The number of hydrogen-bond acceptors (Lipinski definition) is 2. The quantitative estimate of drug-likeness (QED) is 0.753. The van der Waals surface area contributed by atoms with Gasteiger partial charge in [0.25, 0.3) is 0 Å². The van der Waals surface area contributed by atoms with Crippen LogP contribution in [-0.4, -0.2) is 34.7 Å². The van der Waals surface area contributed by atoms with Gasteiger partial charge in [-0.1, -0.05) is 6.92 Å². The number of likely N-dealkylation sites (tertiary alicyclic amines) is 1. The Labute approximate surface area is 88.3 Å². The summed E-state index contributed by atoms with van der Waals surface area (Å²) in [7, 11) is 0. The minimum absolute atomic E-state index is 0.321. The molecule has 14 heavy (non-hydrogen) atoms. The minimum atomic E-state index is 0.321. The third-order valence-electron chi connectivity index (χ3n) is 3.78. The van der Waals surface area contributed by atoms with Crippen molar-refractivity contribution in [3.05, 3.63) is 0 Å². The van der Waals surface area contributed by atoms with Crippen LogP contribution in [0.25, 0.3) is 0 Å². The van der Waals surface area contributed by atoms with Crippen LogP contribution in [0, 0.1) is 5.92 Å². The van der Waals surface area contributed by atoms with Gasteiger partial charge in [-0.25, -0.2) is 0 Å². The van der Waals surface area contributed by atoms with Crippen LogP contribution >= 0.6 is 0 Å². The highest BCUT2D eigenvalue weighted by atomic mass is 16.3. The van der Waals surface area contributed by atoms with Crippen molar-refractivity contribution in [3.8, 4) is 0 Å². The molecule has 1 aliphatic rings. The van der Waals surface area contributed by atoms with E-state index in [0.717, 1.165) is 6.54 Å². The summed E-state index contributed by atoms with van der Waals surface area (Å²) in [5.41, 5.74) is 0.321. The van der Waals surface area contributed by atoms with Crippen LogP contribution < -0.4 is 0 Å². The molecular formula is C12H25NO. The number of aliphatic hydroxyl groups excluding tert-OH is 1. The van der Waals surface area contributed by atoms with Crippen LogP contribution in [0.4, 0.5) is 0 Å². The second-order valence-electron chi connectivity index (χ2n) is 5.31. The number of rotatable bonds is 3. The van der Waals surface area contributed by atoms with Gasteiger partial charge >= 0.3 is 0 Å². The standard InChI is InChI=1S/C12H25NO/c1-5-10(2)13-8-11(9-14)6-7-12(13,3)4/h10-11,14H,5-9H2,1-4H3. The molecule has 84 valence electrons. The molecular weight excluding hydrogens is 174 g/mol. The molecule has 0 aromatic heterocycles. The van der Waals surface area contributed by atoms with Crippen molar-refractivity contribution in [3.63, 3.8) is 0 Å². The molecule has 0 bridgehead atoms. The monoisotopic (exact) mass is 199 g/mol. The third-order valence-corrected chi connectivity index (χ3v) is 3.78. The zero-order valence-electron chi connectivity index (χ0n) is 10.1. The molecule has 0 saturated carbocycles. The molecule has 0 spiro atoms. The van der Waals surface area contributed by atoms with Crippen LogP contribution in [0.15, 0.2) is 0 Å². The van der Waals surface area contributed by atoms with Crippen molar-refractivity contribution in [2.75, 3.05) is 13.2 Å². The molecule has 1 heterocycles. The summed E-state index contributed by atoms with van der Waals surface area (Å²) in [6, 6.07) is 0.638. The van der Waals surface area contributed by atoms with Crippen molar-refractivity contribution < 1.29 is 5.11 Å². The van der Waals surface area contributed by atoms with Gasteiger partial charge in [0, 0.05) is 24.7 Å². The van der Waals surface area contributed by atoms with Crippen LogP contribution in [0.1, 0.15) is 47.0 Å². The molecule has 2 atom stereocenters. The van der Waals surface area contributed by atoms with E-state index in [1.54, 1.807) is 0 Å². The molecule has 1 fully saturated rings. The van der Waals surface area contributed by atoms with Crippen molar-refractivity contribution in [1.82, 2.24) is 4.90 Å². The normalized spacial score (nSPS) is 30.2. The van der Waals surface area contributed by atoms with Crippen LogP contribution in [-0.2, 0) is 0 Å². The first-order chi connectivity index (χ1) is 6.51. The lowest BCUT2D eigenvalue weighted by Gasteiger charge is -2.48. The van der Waals surface area contributed by atoms with E-state index >= 15 is 0 Å². The van der Waals surface area contributed by atoms with Crippen LogP contribution in [0.3, 0.4) is 0 Å². The average Bonchev–Trinajstić information content (AvgIpc) is 2.16. The number of aliphatic hydroxyl groups is 1. The summed E-state index contributed by atoms with van der Waals surface area (Å²) in [5.74, 6) is 0.497. The van der Waals surface area contributed by atoms with Crippen molar-refractivity contribution in [2.24, 2.45) is 5.92 Å². The van der Waals surface area contributed by atoms with E-state index in [-0.39, 0.29) is 0 Å². The molecule has 1 N–H and O–H groups in total. The Morgan fingerprint density at radius 2 is 2.14 bits per heavy atom. The third kappa shape index (κ3) is 2.48. The van der Waals surface area contributed by atoms with E-state index in [2.05, 4.69) is 32.6 Å². The van der Waals surface area contributed by atoms with E-state index in [0.29, 0.717) is 24.1 Å². The predicted octanol–water partition coefficient (Wildman–Crippen LogP) is 2.27. The van der Waals surface area contributed by atoms with E-state index < -0.39 is 0 Å². The fourth-order valence-electron chi connectivity index (χ4n) is 2.46. The highest BCUT2D eigenvalue weighted by Crippen LogP contribution is 2.32. The number of hydrogen-bond donors (Lipinski definition) is 1. The second kappa shape index (κ2) is 4.63. The summed E-state index contributed by atoms with van der Waals surface area (Å²) in [6.45, 7) is 10.6. The van der Waals surface area contributed by atoms with Gasteiger partial charge in [0.2, 0.25) is 0 Å². The molecule has 2 unspecified atom stereocenters. The van der Waals surface area contributed by atoms with Crippen molar-refractivity contribution in [2.45, 2.75) is 58.5 Å². The zero-order valence-corrected chi connectivity index (χ0v) is 10.1. The number of piperidine rings is 1. The molecule has 2 heteroatoms. The Bertz CT molecular complexity index is 179. The second-order valence-corrected chi connectivity index (χ2v) is 5.31. The maximum atomic E-state index is 9.21. The first-order valence-corrected chi connectivity index (χ1v) is 5.89. The lowest BCUT2D eigenvalue weighted by Crippen LogP contribution is -2.54. The fraction of sp³-hybridized carbons (Fsp3) is 1.00. The fourth-order valence-corrected chi connectivity index (χ4v) is 2.46. The Morgan fingerprint density at radius 3 is 2.64 bits per heavy atom. The molecule has 1 rings (SSSR count). The molecule has 1 aliphatic heterocycles. The first kappa shape index (κ1) is 12.0. The molecule has 2 nitrogen and oxygen atoms in total. The lowest BCUT2D eigenvalue weighted by molar-refractivity contribution is -0.00274. The van der Waals surface area contributed by atoms with Gasteiger partial charge in [-0.3, -0.25) is 4.90 Å². The van der Waals surface area contributed by atoms with E-state index in [9.17, 15) is 5.11 Å². The molecule has 0 radical (unpaired) electrons. The van der Waals surface area contributed by atoms with Crippen molar-refractivity contribution >= 4 is 0 Å². The maximum Gasteiger partial charge on any atom is 0.0471 e. The van der Waals surface area contributed by atoms with Crippen LogP contribution in [0.2, 0.25) is 0 Å². The van der Waals surface area contributed by atoms with Gasteiger partial charge < -0.3 is 5.11 Å². The minimum Gasteiger partial charge on any atom is -0.396 e. The van der Waals surface area contributed by atoms with E-state index in [4.69, 9.17) is 0 Å². The van der Waals surface area contributed by atoms with E-state index in [1.165, 1.54) is 19.3 Å². The molecule has 0 aromatic rings. The summed E-state index contributed by atoms with van der Waals surface area (Å²) in [6.07, 6.45) is 3.58. The van der Waals surface area contributed by atoms with Gasteiger partial charge in [-0.2, -0.15) is 0 Å². The Hall–Kier alpha value is -0.0800. The predicted molar refractivity (Wildman–Crippen MR) is 60.3 cm³/mol. The molecule has 1 saturated heterocycles. The molecule has 0 aliphatic carbocycles. The summed E-state index contributed by atoms with van der Waals surface area (Å²) in [4.78, 5) is 2.57. The molecule has 0 aromatic carbocycles.